The minimum atomic E-state index is 0.993. The van der Waals surface area contributed by atoms with Crippen LogP contribution in [0.25, 0.3) is 5.57 Å². The van der Waals surface area contributed by atoms with Crippen LogP contribution in [0.4, 0.5) is 0 Å². The third-order valence-electron chi connectivity index (χ3n) is 1.97. The highest BCUT2D eigenvalue weighted by Crippen LogP contribution is 2.18. The Morgan fingerprint density at radius 1 is 1.33 bits per heavy atom. The molecule has 0 aliphatic rings. The number of hydrogen-bond acceptors (Lipinski definition) is 0. The minimum Gasteiger partial charge on any atom is -0.0985 e. The van der Waals surface area contributed by atoms with Gasteiger partial charge in [-0.15, -0.1) is 0 Å². The molecular weight excluding hydrogens is 144 g/mol. The summed E-state index contributed by atoms with van der Waals surface area (Å²) in [5, 5.41) is 0. The summed E-state index contributed by atoms with van der Waals surface area (Å²) in [6.07, 6.45) is 1.79. The molecule has 0 aliphatic heterocycles. The summed E-state index contributed by atoms with van der Waals surface area (Å²) < 4.78 is 0. The fourth-order valence-electron chi connectivity index (χ4n) is 1.28. The lowest BCUT2D eigenvalue weighted by molar-refractivity contribution is 1.36. The van der Waals surface area contributed by atoms with E-state index in [4.69, 9.17) is 0 Å². The average Bonchev–Trinajstić information content (AvgIpc) is 2.03. The van der Waals surface area contributed by atoms with Crippen molar-refractivity contribution < 1.29 is 0 Å². The van der Waals surface area contributed by atoms with Crippen molar-refractivity contribution in [2.45, 2.75) is 13.8 Å². The second-order valence-corrected chi connectivity index (χ2v) is 3.05. The van der Waals surface area contributed by atoms with Gasteiger partial charge in [-0.3, -0.25) is 0 Å². The Bertz CT molecular complexity index is 319. The van der Waals surface area contributed by atoms with Crippen LogP contribution in [-0.2, 0) is 0 Å². The molecule has 1 rings (SSSR count). The molecule has 0 aromatic heterocycles. The first-order chi connectivity index (χ1) is 5.65. The lowest BCUT2D eigenvalue weighted by atomic mass is 10.00. The summed E-state index contributed by atoms with van der Waals surface area (Å²) in [5.74, 6) is 0. The Kier molecular flexibility index (Phi) is 2.49. The predicted molar refractivity (Wildman–Crippen MR) is 55.1 cm³/mol. The van der Waals surface area contributed by atoms with Crippen molar-refractivity contribution in [3.05, 3.63) is 54.1 Å². The first-order valence-corrected chi connectivity index (χ1v) is 4.04. The van der Waals surface area contributed by atoms with Crippen LogP contribution in [0.5, 0.6) is 0 Å². The lowest BCUT2D eigenvalue weighted by Crippen LogP contribution is -1.85. The van der Waals surface area contributed by atoms with Gasteiger partial charge in [0.05, 0.1) is 0 Å². The molecule has 0 bridgehead atoms. The van der Waals surface area contributed by atoms with Gasteiger partial charge in [-0.05, 0) is 30.5 Å². The Balaban J connectivity index is 3.18. The number of aryl methyl sites for hydroxylation is 2. The normalized spacial score (nSPS) is 9.50. The maximum absolute atomic E-state index is 3.92. The molecule has 62 valence electrons. The molecule has 0 saturated heterocycles. The van der Waals surface area contributed by atoms with E-state index < -0.39 is 0 Å². The summed E-state index contributed by atoms with van der Waals surface area (Å²) in [6.45, 7) is 11.8. The van der Waals surface area contributed by atoms with Crippen LogP contribution < -0.4 is 0 Å². The molecule has 0 unspecified atom stereocenters. The Morgan fingerprint density at radius 3 is 2.50 bits per heavy atom. The van der Waals surface area contributed by atoms with Gasteiger partial charge < -0.3 is 0 Å². The van der Waals surface area contributed by atoms with Gasteiger partial charge >= 0.3 is 0 Å². The third-order valence-corrected chi connectivity index (χ3v) is 1.97. The number of allylic oxidation sites excluding steroid dienone is 2. The van der Waals surface area contributed by atoms with Gasteiger partial charge in [0.1, 0.15) is 0 Å². The van der Waals surface area contributed by atoms with Crippen LogP contribution >= 0.6 is 0 Å². The number of benzene rings is 1. The van der Waals surface area contributed by atoms with Crippen molar-refractivity contribution in [1.29, 1.82) is 0 Å². The van der Waals surface area contributed by atoms with Crippen LogP contribution in [0.3, 0.4) is 0 Å². The van der Waals surface area contributed by atoms with Gasteiger partial charge in [0.2, 0.25) is 0 Å². The maximum Gasteiger partial charge on any atom is -0.0161 e. The molecule has 12 heavy (non-hydrogen) atoms. The van der Waals surface area contributed by atoms with Gasteiger partial charge in [-0.2, -0.15) is 0 Å². The molecule has 0 fully saturated rings. The number of rotatable bonds is 2. The molecule has 0 nitrogen and oxygen atoms in total. The van der Waals surface area contributed by atoms with Crippen molar-refractivity contribution in [2.75, 3.05) is 0 Å². The zero-order chi connectivity index (χ0) is 9.14. The zero-order valence-electron chi connectivity index (χ0n) is 7.72. The SMILES string of the molecule is C=CC(=C)c1ccc(C)cc1C. The molecule has 0 heterocycles. The Morgan fingerprint density at radius 2 is 2.00 bits per heavy atom. The minimum absolute atomic E-state index is 0.993. The summed E-state index contributed by atoms with van der Waals surface area (Å²) in [5.41, 5.74) is 4.73. The fraction of sp³-hybridized carbons (Fsp3) is 0.167. The molecule has 0 saturated carbocycles. The van der Waals surface area contributed by atoms with E-state index in [0.29, 0.717) is 0 Å². The molecule has 0 heteroatoms. The van der Waals surface area contributed by atoms with E-state index in [2.05, 4.69) is 45.2 Å². The molecule has 0 amide bonds. The molecular formula is C12H14. The van der Waals surface area contributed by atoms with Crippen LogP contribution in [0.1, 0.15) is 16.7 Å². The van der Waals surface area contributed by atoms with Crippen LogP contribution in [0.2, 0.25) is 0 Å². The molecule has 0 atom stereocenters. The molecule has 0 N–H and O–H groups in total. The summed E-state index contributed by atoms with van der Waals surface area (Å²) in [6, 6.07) is 6.34. The zero-order valence-corrected chi connectivity index (χ0v) is 7.72. The van der Waals surface area contributed by atoms with Crippen LogP contribution in [-0.4, -0.2) is 0 Å². The van der Waals surface area contributed by atoms with Crippen LogP contribution in [0.15, 0.2) is 37.4 Å². The summed E-state index contributed by atoms with van der Waals surface area (Å²) >= 11 is 0. The lowest BCUT2D eigenvalue weighted by Gasteiger charge is -2.05. The molecule has 0 radical (unpaired) electrons. The molecule has 1 aromatic rings. The average molecular weight is 158 g/mol. The van der Waals surface area contributed by atoms with Crippen molar-refractivity contribution in [3.8, 4) is 0 Å². The van der Waals surface area contributed by atoms with Crippen molar-refractivity contribution in [2.24, 2.45) is 0 Å². The highest BCUT2D eigenvalue weighted by molar-refractivity contribution is 5.73. The Labute approximate surface area is 74.2 Å². The third kappa shape index (κ3) is 1.65. The first-order valence-electron chi connectivity index (χ1n) is 4.04. The van der Waals surface area contributed by atoms with Gasteiger partial charge in [0.15, 0.2) is 0 Å². The Hall–Kier alpha value is -1.30. The highest BCUT2D eigenvalue weighted by Gasteiger charge is 1.98. The number of hydrogen-bond donors (Lipinski definition) is 0. The van der Waals surface area contributed by atoms with E-state index in [9.17, 15) is 0 Å². The standard InChI is InChI=1S/C12H14/c1-5-10(3)12-7-6-9(2)8-11(12)4/h5-8H,1,3H2,2,4H3. The summed E-state index contributed by atoms with van der Waals surface area (Å²) in [7, 11) is 0. The van der Waals surface area contributed by atoms with E-state index in [1.807, 2.05) is 0 Å². The van der Waals surface area contributed by atoms with Crippen molar-refractivity contribution >= 4 is 5.57 Å². The predicted octanol–water partition coefficient (Wildman–Crippen LogP) is 3.50. The van der Waals surface area contributed by atoms with Gasteiger partial charge in [-0.1, -0.05) is 43.0 Å². The first kappa shape index (κ1) is 8.79. The van der Waals surface area contributed by atoms with E-state index in [0.717, 1.165) is 5.57 Å². The second-order valence-electron chi connectivity index (χ2n) is 3.05. The largest absolute Gasteiger partial charge is 0.0985 e. The smallest absolute Gasteiger partial charge is 0.0161 e. The van der Waals surface area contributed by atoms with Crippen molar-refractivity contribution in [3.63, 3.8) is 0 Å². The highest BCUT2D eigenvalue weighted by atomic mass is 14.0. The van der Waals surface area contributed by atoms with Crippen LogP contribution in [0, 0.1) is 13.8 Å². The van der Waals surface area contributed by atoms with E-state index in [1.54, 1.807) is 6.08 Å². The quantitative estimate of drug-likeness (QED) is 0.578. The van der Waals surface area contributed by atoms with Crippen molar-refractivity contribution in [1.82, 2.24) is 0 Å². The molecule has 1 aromatic carbocycles. The maximum atomic E-state index is 3.92. The fourth-order valence-corrected chi connectivity index (χ4v) is 1.28. The van der Waals surface area contributed by atoms with Gasteiger partial charge in [-0.25, -0.2) is 0 Å². The molecule has 0 aliphatic carbocycles. The second kappa shape index (κ2) is 3.40. The molecule has 0 spiro atoms. The summed E-state index contributed by atoms with van der Waals surface area (Å²) in [4.78, 5) is 0. The van der Waals surface area contributed by atoms with Gasteiger partial charge in [0, 0.05) is 0 Å². The van der Waals surface area contributed by atoms with E-state index in [-0.39, 0.29) is 0 Å². The van der Waals surface area contributed by atoms with E-state index in [1.165, 1.54) is 16.7 Å². The van der Waals surface area contributed by atoms with E-state index >= 15 is 0 Å². The topological polar surface area (TPSA) is 0 Å². The monoisotopic (exact) mass is 158 g/mol. The van der Waals surface area contributed by atoms with Gasteiger partial charge in [0.25, 0.3) is 0 Å².